The van der Waals surface area contributed by atoms with Crippen LogP contribution in [0, 0.1) is 0 Å². The zero-order valence-corrected chi connectivity index (χ0v) is 18.3. The zero-order chi connectivity index (χ0) is 25.1. The second-order valence-electron chi connectivity index (χ2n) is 6.63. The van der Waals surface area contributed by atoms with E-state index >= 15 is 0 Å². The predicted molar refractivity (Wildman–Crippen MR) is 113 cm³/mol. The SMILES string of the molecule is O=C(Nc1nc(C(F)(F)F)cs1)Nc1cc(S(=O)(=O)NCC(F)(F)F)ccc1-c1ccccc1. The largest absolute Gasteiger partial charge is 0.434 e. The third kappa shape index (κ3) is 6.68. The van der Waals surface area contributed by atoms with E-state index < -0.39 is 45.5 Å². The molecule has 0 fully saturated rings. The summed E-state index contributed by atoms with van der Waals surface area (Å²) in [6.45, 7) is -1.80. The third-order valence-corrected chi connectivity index (χ3v) is 6.27. The molecule has 1 heterocycles. The fraction of sp³-hybridized carbons (Fsp3) is 0.158. The van der Waals surface area contributed by atoms with Gasteiger partial charge in [0.1, 0.15) is 6.54 Å². The Hall–Kier alpha value is -3.17. The zero-order valence-electron chi connectivity index (χ0n) is 16.7. The van der Waals surface area contributed by atoms with E-state index in [1.807, 2.05) is 0 Å². The first-order valence-electron chi connectivity index (χ1n) is 9.11. The molecule has 2 amide bonds. The maximum atomic E-state index is 12.7. The Morgan fingerprint density at radius 1 is 0.971 bits per heavy atom. The van der Waals surface area contributed by atoms with Crippen LogP contribution < -0.4 is 15.4 Å². The van der Waals surface area contributed by atoms with E-state index in [9.17, 15) is 39.6 Å². The van der Waals surface area contributed by atoms with E-state index in [2.05, 4.69) is 15.6 Å². The van der Waals surface area contributed by atoms with Crippen molar-refractivity contribution in [2.45, 2.75) is 17.2 Å². The van der Waals surface area contributed by atoms with E-state index in [4.69, 9.17) is 0 Å². The highest BCUT2D eigenvalue weighted by Crippen LogP contribution is 2.33. The van der Waals surface area contributed by atoms with Gasteiger partial charge in [-0.2, -0.15) is 26.3 Å². The molecular formula is C19H14F6N4O3S2. The van der Waals surface area contributed by atoms with Crippen molar-refractivity contribution < 1.29 is 39.6 Å². The molecule has 0 aliphatic carbocycles. The van der Waals surface area contributed by atoms with Crippen LogP contribution in [0.25, 0.3) is 11.1 Å². The first-order valence-corrected chi connectivity index (χ1v) is 11.5. The van der Waals surface area contributed by atoms with Gasteiger partial charge >= 0.3 is 18.4 Å². The quantitative estimate of drug-likeness (QED) is 0.381. The van der Waals surface area contributed by atoms with Gasteiger partial charge in [-0.15, -0.1) is 11.3 Å². The third-order valence-electron chi connectivity index (χ3n) is 4.11. The van der Waals surface area contributed by atoms with Gasteiger partial charge in [0, 0.05) is 10.9 Å². The van der Waals surface area contributed by atoms with Crippen LogP contribution in [0.1, 0.15) is 5.69 Å². The Kier molecular flexibility index (Phi) is 7.18. The number of benzene rings is 2. The summed E-state index contributed by atoms with van der Waals surface area (Å²) in [5.74, 6) is 0. The molecule has 34 heavy (non-hydrogen) atoms. The first-order chi connectivity index (χ1) is 15.7. The number of carbonyl (C=O) groups excluding carboxylic acids is 1. The van der Waals surface area contributed by atoms with Crippen molar-refractivity contribution >= 4 is 38.2 Å². The number of aromatic nitrogens is 1. The standard InChI is InChI=1S/C19H14F6N4O3S2/c20-18(21,22)10-26-34(31,32)12-6-7-13(11-4-2-1-3-5-11)14(8-12)27-16(30)29-17-28-15(9-33-17)19(23,24)25/h1-9,26H,10H2,(H2,27,28,29,30). The lowest BCUT2D eigenvalue weighted by molar-refractivity contribution is -0.140. The van der Waals surface area contributed by atoms with E-state index in [0.717, 1.165) is 12.1 Å². The van der Waals surface area contributed by atoms with Crippen molar-refractivity contribution in [2.75, 3.05) is 17.2 Å². The molecule has 0 bridgehead atoms. The van der Waals surface area contributed by atoms with Crippen molar-refractivity contribution in [2.24, 2.45) is 0 Å². The number of sulfonamides is 1. The van der Waals surface area contributed by atoms with Gasteiger partial charge in [-0.1, -0.05) is 36.4 Å². The van der Waals surface area contributed by atoms with Gasteiger partial charge in [-0.3, -0.25) is 5.32 Å². The number of carbonyl (C=O) groups is 1. The summed E-state index contributed by atoms with van der Waals surface area (Å²) in [7, 11) is -4.60. The number of rotatable bonds is 6. The molecule has 0 aliphatic rings. The maximum Gasteiger partial charge on any atom is 0.434 e. The van der Waals surface area contributed by atoms with Crippen molar-refractivity contribution in [1.29, 1.82) is 0 Å². The van der Waals surface area contributed by atoms with E-state index in [1.165, 1.54) is 10.8 Å². The van der Waals surface area contributed by atoms with Crippen LogP contribution in [0.2, 0.25) is 0 Å². The average Bonchev–Trinajstić information content (AvgIpc) is 3.21. The van der Waals surface area contributed by atoms with Gasteiger partial charge in [0.2, 0.25) is 10.0 Å². The Bertz CT molecular complexity index is 1280. The Morgan fingerprint density at radius 3 is 2.24 bits per heavy atom. The fourth-order valence-electron chi connectivity index (χ4n) is 2.64. The highest BCUT2D eigenvalue weighted by atomic mass is 32.2. The molecule has 7 nitrogen and oxygen atoms in total. The minimum Gasteiger partial charge on any atom is -0.307 e. The molecule has 182 valence electrons. The highest BCUT2D eigenvalue weighted by molar-refractivity contribution is 7.89. The first kappa shape index (κ1) is 25.5. The minimum atomic E-state index is -4.79. The van der Waals surface area contributed by atoms with Crippen molar-refractivity contribution in [3.63, 3.8) is 0 Å². The lowest BCUT2D eigenvalue weighted by atomic mass is 10.0. The Labute approximate surface area is 192 Å². The topological polar surface area (TPSA) is 100 Å². The van der Waals surface area contributed by atoms with E-state index in [1.54, 1.807) is 30.3 Å². The van der Waals surface area contributed by atoms with Gasteiger partial charge in [-0.25, -0.2) is 22.9 Å². The monoisotopic (exact) mass is 524 g/mol. The van der Waals surface area contributed by atoms with Crippen LogP contribution in [0.5, 0.6) is 0 Å². The summed E-state index contributed by atoms with van der Waals surface area (Å²) in [6.07, 6.45) is -9.50. The van der Waals surface area contributed by atoms with Crippen molar-refractivity contribution in [3.05, 3.63) is 59.6 Å². The van der Waals surface area contributed by atoms with Gasteiger partial charge < -0.3 is 5.32 Å². The van der Waals surface area contributed by atoms with Crippen molar-refractivity contribution in [3.8, 4) is 11.1 Å². The maximum absolute atomic E-state index is 12.7. The summed E-state index contributed by atoms with van der Waals surface area (Å²) in [5.41, 5.74) is -0.493. The summed E-state index contributed by atoms with van der Waals surface area (Å²) in [5, 5.41) is 4.75. The van der Waals surface area contributed by atoms with Gasteiger partial charge in [-0.05, 0) is 17.7 Å². The average molecular weight is 524 g/mol. The number of thiazole rings is 1. The molecular weight excluding hydrogens is 510 g/mol. The molecule has 0 spiro atoms. The van der Waals surface area contributed by atoms with Crippen LogP contribution in [-0.2, 0) is 16.2 Å². The molecule has 3 N–H and O–H groups in total. The predicted octanol–water partition coefficient (Wildman–Crippen LogP) is 5.31. The number of nitrogens with one attached hydrogen (secondary N) is 3. The molecule has 0 saturated heterocycles. The number of alkyl halides is 6. The van der Waals surface area contributed by atoms with Crippen LogP contribution in [0.4, 0.5) is 42.0 Å². The Morgan fingerprint density at radius 2 is 1.65 bits per heavy atom. The molecule has 2 aromatic carbocycles. The molecule has 3 rings (SSSR count). The normalized spacial score (nSPS) is 12.4. The van der Waals surface area contributed by atoms with Gasteiger partial charge in [0.15, 0.2) is 10.8 Å². The smallest absolute Gasteiger partial charge is 0.307 e. The molecule has 3 aromatic rings. The summed E-state index contributed by atoms with van der Waals surface area (Å²) < 4.78 is 101. The van der Waals surface area contributed by atoms with E-state index in [0.29, 0.717) is 27.8 Å². The molecule has 0 unspecified atom stereocenters. The molecule has 0 atom stereocenters. The summed E-state index contributed by atoms with van der Waals surface area (Å²) in [6, 6.07) is 10.5. The number of halogens is 6. The van der Waals surface area contributed by atoms with Crippen LogP contribution in [0.3, 0.4) is 0 Å². The molecule has 15 heteroatoms. The minimum absolute atomic E-state index is 0.119. The summed E-state index contributed by atoms with van der Waals surface area (Å²) in [4.78, 5) is 15.1. The molecule has 0 radical (unpaired) electrons. The summed E-state index contributed by atoms with van der Waals surface area (Å²) >= 11 is 0.517. The lowest BCUT2D eigenvalue weighted by Crippen LogP contribution is -2.33. The van der Waals surface area contributed by atoms with Gasteiger partial charge in [0.25, 0.3) is 0 Å². The Balaban J connectivity index is 1.90. The number of hydrogen-bond acceptors (Lipinski definition) is 5. The van der Waals surface area contributed by atoms with E-state index in [-0.39, 0.29) is 10.8 Å². The number of urea groups is 1. The van der Waals surface area contributed by atoms with Crippen LogP contribution >= 0.6 is 11.3 Å². The second-order valence-corrected chi connectivity index (χ2v) is 9.25. The number of hydrogen-bond donors (Lipinski definition) is 3. The molecule has 0 saturated carbocycles. The molecule has 0 aliphatic heterocycles. The number of nitrogens with zero attached hydrogens (tertiary/aromatic N) is 1. The van der Waals surface area contributed by atoms with Crippen molar-refractivity contribution in [1.82, 2.24) is 9.71 Å². The van der Waals surface area contributed by atoms with Crippen LogP contribution in [-0.4, -0.2) is 32.2 Å². The molecule has 1 aromatic heterocycles. The lowest BCUT2D eigenvalue weighted by Gasteiger charge is -2.15. The number of anilines is 2. The second kappa shape index (κ2) is 9.60. The fourth-order valence-corrected chi connectivity index (χ4v) is 4.39. The van der Waals surface area contributed by atoms with Gasteiger partial charge in [0.05, 0.1) is 10.6 Å². The number of amides is 2. The highest BCUT2D eigenvalue weighted by Gasteiger charge is 2.34. The van der Waals surface area contributed by atoms with Crippen LogP contribution in [0.15, 0.2) is 58.8 Å².